The molecule has 0 aliphatic carbocycles. The van der Waals surface area contributed by atoms with Crippen LogP contribution in [0.3, 0.4) is 0 Å². The molecule has 0 aromatic rings. The molecular weight excluding hydrogens is 817 g/mol. The third-order valence-corrected chi connectivity index (χ3v) is 12.9. The number of hydrogen-bond acceptors (Lipinski definition) is 6. The predicted octanol–water partition coefficient (Wildman–Crippen LogP) is 19.3. The highest BCUT2D eigenvalue weighted by Gasteiger charge is 2.19. The van der Waals surface area contributed by atoms with Crippen LogP contribution >= 0.6 is 0 Å². The van der Waals surface area contributed by atoms with E-state index >= 15 is 0 Å². The van der Waals surface area contributed by atoms with E-state index in [1.165, 1.54) is 180 Å². The summed E-state index contributed by atoms with van der Waals surface area (Å²) < 4.78 is 16.9. The number of rotatable bonds is 53. The van der Waals surface area contributed by atoms with Crippen molar-refractivity contribution in [2.24, 2.45) is 0 Å². The minimum Gasteiger partial charge on any atom is -0.462 e. The van der Waals surface area contributed by atoms with Gasteiger partial charge in [0.2, 0.25) is 0 Å². The summed E-state index contributed by atoms with van der Waals surface area (Å²) in [6.45, 7) is 6.63. The van der Waals surface area contributed by atoms with Crippen LogP contribution in [0.25, 0.3) is 0 Å². The van der Waals surface area contributed by atoms with Gasteiger partial charge in [-0.05, 0) is 77.0 Å². The predicted molar refractivity (Wildman–Crippen MR) is 284 cm³/mol. The first kappa shape index (κ1) is 63.6. The van der Waals surface area contributed by atoms with Crippen LogP contribution in [0.2, 0.25) is 0 Å². The Hall–Kier alpha value is -2.37. The van der Waals surface area contributed by atoms with Crippen LogP contribution in [0.1, 0.15) is 310 Å². The van der Waals surface area contributed by atoms with Crippen molar-refractivity contribution in [2.75, 3.05) is 13.2 Å². The fraction of sp³-hybridized carbons (Fsp3) is 0.850. The van der Waals surface area contributed by atoms with Gasteiger partial charge in [-0.25, -0.2) is 0 Å². The van der Waals surface area contributed by atoms with Gasteiger partial charge < -0.3 is 14.2 Å². The maximum Gasteiger partial charge on any atom is 0.306 e. The van der Waals surface area contributed by atoms with E-state index in [-0.39, 0.29) is 31.1 Å². The van der Waals surface area contributed by atoms with Gasteiger partial charge in [0.1, 0.15) is 13.2 Å². The minimum absolute atomic E-state index is 0.0769. The summed E-state index contributed by atoms with van der Waals surface area (Å²) in [4.78, 5) is 38.1. The van der Waals surface area contributed by atoms with Crippen molar-refractivity contribution in [1.29, 1.82) is 0 Å². The van der Waals surface area contributed by atoms with Crippen LogP contribution in [0.15, 0.2) is 36.5 Å². The van der Waals surface area contributed by atoms with Gasteiger partial charge in [-0.15, -0.1) is 0 Å². The Kier molecular flexibility index (Phi) is 53.2. The molecule has 0 spiro atoms. The molecule has 0 radical (unpaired) electrons. The number of carbonyl (C=O) groups excluding carboxylic acids is 3. The van der Waals surface area contributed by atoms with Crippen LogP contribution in [-0.2, 0) is 28.6 Å². The fourth-order valence-electron chi connectivity index (χ4n) is 8.47. The Balaban J connectivity index is 4.34. The number of unbranched alkanes of at least 4 members (excludes halogenated alkanes) is 36. The smallest absolute Gasteiger partial charge is 0.306 e. The van der Waals surface area contributed by atoms with E-state index < -0.39 is 6.10 Å². The molecule has 0 saturated heterocycles. The first-order valence-electron chi connectivity index (χ1n) is 29.0. The summed E-state index contributed by atoms with van der Waals surface area (Å²) in [5, 5.41) is 0. The van der Waals surface area contributed by atoms with E-state index in [9.17, 15) is 14.4 Å². The van der Waals surface area contributed by atoms with E-state index in [0.717, 1.165) is 89.9 Å². The SMILES string of the molecule is CCCCC/C=C\C/C=C\CCCCCCCC(=O)O[C@H](COC(=O)CCCCCCC/C=C\CCCCCCC)COC(=O)CCCCCCCCCCCCCCCCCCCCC. The molecule has 0 fully saturated rings. The molecule has 0 amide bonds. The second-order valence-corrected chi connectivity index (χ2v) is 19.6. The third-order valence-electron chi connectivity index (χ3n) is 12.9. The summed E-state index contributed by atoms with van der Waals surface area (Å²) >= 11 is 0. The summed E-state index contributed by atoms with van der Waals surface area (Å²) in [5.41, 5.74) is 0. The average Bonchev–Trinajstić information content (AvgIpc) is 3.31. The molecule has 0 bridgehead atoms. The minimum atomic E-state index is -0.780. The van der Waals surface area contributed by atoms with E-state index in [1.54, 1.807) is 0 Å². The molecule has 0 aromatic heterocycles. The fourth-order valence-corrected chi connectivity index (χ4v) is 8.47. The molecule has 386 valence electrons. The molecule has 6 heteroatoms. The maximum atomic E-state index is 12.8. The number of ether oxygens (including phenoxy) is 3. The van der Waals surface area contributed by atoms with Gasteiger partial charge in [0.25, 0.3) is 0 Å². The molecular formula is C60H110O6. The molecule has 0 aromatic carbocycles. The van der Waals surface area contributed by atoms with Gasteiger partial charge in [0.15, 0.2) is 6.10 Å². The molecule has 0 aliphatic heterocycles. The third kappa shape index (κ3) is 52.6. The molecule has 0 unspecified atom stereocenters. The number of carbonyl (C=O) groups is 3. The van der Waals surface area contributed by atoms with Gasteiger partial charge >= 0.3 is 17.9 Å². The standard InChI is InChI=1S/C60H110O6/c1-4-7-10-13-16-19-22-25-28-29-30-31-33-35-38-41-44-47-50-53-59(62)65-56-57(55-64-58(61)52-49-46-43-40-37-34-27-24-21-18-15-12-9-6-3)66-60(63)54-51-48-45-42-39-36-32-26-23-20-17-14-11-8-5-2/h17,20,24,26-27,32,57H,4-16,18-19,21-23,25,28-31,33-56H2,1-3H3/b20-17-,27-24-,32-26-/t57-/m1/s1. The lowest BCUT2D eigenvalue weighted by atomic mass is 10.0. The second kappa shape index (κ2) is 55.2. The lowest BCUT2D eigenvalue weighted by Gasteiger charge is -2.18. The Labute approximate surface area is 410 Å². The summed E-state index contributed by atoms with van der Waals surface area (Å²) in [6, 6.07) is 0. The Morgan fingerprint density at radius 3 is 0.879 bits per heavy atom. The molecule has 66 heavy (non-hydrogen) atoms. The van der Waals surface area contributed by atoms with Crippen molar-refractivity contribution in [3.8, 4) is 0 Å². The van der Waals surface area contributed by atoms with Crippen molar-refractivity contribution < 1.29 is 28.6 Å². The lowest BCUT2D eigenvalue weighted by Crippen LogP contribution is -2.30. The van der Waals surface area contributed by atoms with Crippen LogP contribution in [0, 0.1) is 0 Å². The molecule has 0 rings (SSSR count). The largest absolute Gasteiger partial charge is 0.462 e. The van der Waals surface area contributed by atoms with Crippen LogP contribution < -0.4 is 0 Å². The lowest BCUT2D eigenvalue weighted by molar-refractivity contribution is -0.167. The van der Waals surface area contributed by atoms with Gasteiger partial charge in [-0.1, -0.05) is 250 Å². The van der Waals surface area contributed by atoms with Crippen molar-refractivity contribution in [3.05, 3.63) is 36.5 Å². The van der Waals surface area contributed by atoms with Crippen molar-refractivity contribution >= 4 is 17.9 Å². The Bertz CT molecular complexity index is 1110. The highest BCUT2D eigenvalue weighted by atomic mass is 16.6. The van der Waals surface area contributed by atoms with E-state index in [1.807, 2.05) is 0 Å². The zero-order chi connectivity index (χ0) is 47.9. The van der Waals surface area contributed by atoms with Crippen molar-refractivity contribution in [2.45, 2.75) is 316 Å². The van der Waals surface area contributed by atoms with E-state index in [0.29, 0.717) is 19.3 Å². The number of hydrogen-bond donors (Lipinski definition) is 0. The van der Waals surface area contributed by atoms with E-state index in [2.05, 4.69) is 57.2 Å². The van der Waals surface area contributed by atoms with Gasteiger partial charge in [-0.3, -0.25) is 14.4 Å². The quantitative estimate of drug-likeness (QED) is 0.0262. The van der Waals surface area contributed by atoms with Gasteiger partial charge in [0, 0.05) is 19.3 Å². The monoisotopic (exact) mass is 927 g/mol. The second-order valence-electron chi connectivity index (χ2n) is 19.6. The van der Waals surface area contributed by atoms with Crippen LogP contribution in [-0.4, -0.2) is 37.2 Å². The van der Waals surface area contributed by atoms with Gasteiger partial charge in [-0.2, -0.15) is 0 Å². The summed E-state index contributed by atoms with van der Waals surface area (Å²) in [5.74, 6) is -0.883. The molecule has 1 atom stereocenters. The summed E-state index contributed by atoms with van der Waals surface area (Å²) in [7, 11) is 0. The Morgan fingerprint density at radius 2 is 0.545 bits per heavy atom. The first-order chi connectivity index (χ1) is 32.5. The highest BCUT2D eigenvalue weighted by molar-refractivity contribution is 5.71. The normalized spacial score (nSPS) is 12.2. The molecule has 0 heterocycles. The molecule has 0 saturated carbocycles. The van der Waals surface area contributed by atoms with Gasteiger partial charge in [0.05, 0.1) is 0 Å². The highest BCUT2D eigenvalue weighted by Crippen LogP contribution is 2.16. The number of allylic oxidation sites excluding steroid dienone is 6. The van der Waals surface area contributed by atoms with Crippen molar-refractivity contribution in [1.82, 2.24) is 0 Å². The number of esters is 3. The first-order valence-corrected chi connectivity index (χ1v) is 29.0. The molecule has 6 nitrogen and oxygen atoms in total. The van der Waals surface area contributed by atoms with E-state index in [4.69, 9.17) is 14.2 Å². The van der Waals surface area contributed by atoms with Crippen LogP contribution in [0.5, 0.6) is 0 Å². The average molecular weight is 928 g/mol. The molecule has 0 aliphatic rings. The summed E-state index contributed by atoms with van der Waals surface area (Å²) in [6.07, 6.45) is 65.6. The topological polar surface area (TPSA) is 78.9 Å². The maximum absolute atomic E-state index is 12.8. The van der Waals surface area contributed by atoms with Crippen molar-refractivity contribution in [3.63, 3.8) is 0 Å². The zero-order valence-electron chi connectivity index (χ0n) is 44.2. The zero-order valence-corrected chi connectivity index (χ0v) is 44.2. The van der Waals surface area contributed by atoms with Crippen LogP contribution in [0.4, 0.5) is 0 Å². The molecule has 0 N–H and O–H groups in total. The Morgan fingerprint density at radius 1 is 0.303 bits per heavy atom.